The average Bonchev–Trinajstić information content (AvgIpc) is 2.76. The van der Waals surface area contributed by atoms with E-state index < -0.39 is 6.10 Å². The molecule has 2 aliphatic carbocycles. The summed E-state index contributed by atoms with van der Waals surface area (Å²) in [5, 5.41) is 17.5. The van der Waals surface area contributed by atoms with Gasteiger partial charge in [0.2, 0.25) is 5.91 Å². The Morgan fingerprint density at radius 1 is 1.32 bits per heavy atom. The highest BCUT2D eigenvalue weighted by Crippen LogP contribution is 2.55. The minimum atomic E-state index is -0.577. The van der Waals surface area contributed by atoms with Crippen molar-refractivity contribution < 1.29 is 19.4 Å². The molecule has 0 unspecified atom stereocenters. The zero-order valence-corrected chi connectivity index (χ0v) is 19.1. The van der Waals surface area contributed by atoms with Gasteiger partial charge in [0.25, 0.3) is 5.91 Å². The lowest BCUT2D eigenvalue weighted by Crippen LogP contribution is -2.58. The highest BCUT2D eigenvalue weighted by molar-refractivity contribution is 5.92. The third kappa shape index (κ3) is 5.09. The minimum Gasteiger partial charge on any atom is -0.392 e. The molecule has 7 atom stereocenters. The van der Waals surface area contributed by atoms with E-state index in [1.165, 1.54) is 0 Å². The van der Waals surface area contributed by atoms with Crippen molar-refractivity contribution in [2.45, 2.75) is 58.6 Å². The lowest BCUT2D eigenvalue weighted by Gasteiger charge is -2.56. The number of hydrogen-bond donors (Lipinski definition) is 3. The largest absolute Gasteiger partial charge is 0.392 e. The predicted octanol–water partition coefficient (Wildman–Crippen LogP) is 2.40. The van der Waals surface area contributed by atoms with E-state index in [2.05, 4.69) is 29.5 Å². The molecular weight excluding hydrogens is 394 g/mol. The van der Waals surface area contributed by atoms with Crippen molar-refractivity contribution in [1.29, 1.82) is 0 Å². The molecule has 0 bridgehead atoms. The van der Waals surface area contributed by atoms with Crippen molar-refractivity contribution in [2.24, 2.45) is 29.1 Å². The van der Waals surface area contributed by atoms with Gasteiger partial charge in [-0.3, -0.25) is 14.6 Å². The van der Waals surface area contributed by atoms with Crippen LogP contribution in [0.2, 0.25) is 0 Å². The first-order valence-corrected chi connectivity index (χ1v) is 11.4. The Labute approximate surface area is 185 Å². The molecule has 3 N–H and O–H groups in total. The van der Waals surface area contributed by atoms with Gasteiger partial charge in [-0.15, -0.1) is 0 Å². The second kappa shape index (κ2) is 10.1. The number of amides is 2. The smallest absolute Gasteiger partial charge is 0.270 e. The molecule has 2 amide bonds. The fourth-order valence-corrected chi connectivity index (χ4v) is 5.87. The molecule has 2 aliphatic rings. The third-order valence-corrected chi connectivity index (χ3v) is 7.76. The number of aliphatic hydroxyl groups is 1. The van der Waals surface area contributed by atoms with Crippen molar-refractivity contribution in [2.75, 3.05) is 20.3 Å². The normalized spacial score (nSPS) is 33.8. The van der Waals surface area contributed by atoms with E-state index >= 15 is 0 Å². The zero-order valence-electron chi connectivity index (χ0n) is 19.1. The number of carbonyl (C=O) groups excluding carboxylic acids is 2. The Balaban J connectivity index is 1.70. The summed E-state index contributed by atoms with van der Waals surface area (Å²) in [6, 6.07) is 5.28. The quantitative estimate of drug-likeness (QED) is 0.576. The van der Waals surface area contributed by atoms with E-state index in [1.807, 2.05) is 6.92 Å². The summed E-state index contributed by atoms with van der Waals surface area (Å²) in [5.41, 5.74) is 0.430. The summed E-state index contributed by atoms with van der Waals surface area (Å²) < 4.78 is 5.01. The van der Waals surface area contributed by atoms with Gasteiger partial charge < -0.3 is 20.5 Å². The second-order valence-corrected chi connectivity index (χ2v) is 9.64. The number of ether oxygens (including phenoxy) is 1. The molecule has 31 heavy (non-hydrogen) atoms. The van der Waals surface area contributed by atoms with Crippen LogP contribution in [0.3, 0.4) is 0 Å². The Kier molecular flexibility index (Phi) is 7.70. The van der Waals surface area contributed by atoms with Gasteiger partial charge in [0.05, 0.1) is 12.7 Å². The Morgan fingerprint density at radius 2 is 2.06 bits per heavy atom. The number of aliphatic hydroxyl groups excluding tert-OH is 1. The second-order valence-electron chi connectivity index (χ2n) is 9.64. The monoisotopic (exact) mass is 431 g/mol. The Hall–Kier alpha value is -1.99. The number of methoxy groups -OCH3 is 1. The molecule has 2 fully saturated rings. The molecule has 3 rings (SSSR count). The first kappa shape index (κ1) is 23.7. The summed E-state index contributed by atoms with van der Waals surface area (Å²) in [6.07, 6.45) is 4.70. The Bertz CT molecular complexity index is 758. The SMILES string of the molecule is COCCNC(=O)[C@@H](C)[C@H]1CC[C@@]2(C)CC[C@H](NC(=O)c3ccccn3)[C@@H](C)[C@@H]2[C@H]1O. The van der Waals surface area contributed by atoms with Crippen LogP contribution in [-0.2, 0) is 9.53 Å². The summed E-state index contributed by atoms with van der Waals surface area (Å²) in [6.45, 7) is 7.24. The van der Waals surface area contributed by atoms with Crippen LogP contribution < -0.4 is 10.6 Å². The number of nitrogens with zero attached hydrogens (tertiary/aromatic N) is 1. The van der Waals surface area contributed by atoms with E-state index in [0.29, 0.717) is 18.8 Å². The van der Waals surface area contributed by atoms with Crippen molar-refractivity contribution >= 4 is 11.8 Å². The first-order chi connectivity index (χ1) is 14.8. The topological polar surface area (TPSA) is 101 Å². The van der Waals surface area contributed by atoms with E-state index in [4.69, 9.17) is 4.74 Å². The third-order valence-electron chi connectivity index (χ3n) is 7.76. The van der Waals surface area contributed by atoms with Crippen molar-refractivity contribution in [1.82, 2.24) is 15.6 Å². The lowest BCUT2D eigenvalue weighted by atomic mass is 9.51. The number of rotatable bonds is 7. The van der Waals surface area contributed by atoms with Crippen molar-refractivity contribution in [3.05, 3.63) is 30.1 Å². The maximum absolute atomic E-state index is 12.7. The minimum absolute atomic E-state index is 0.0215. The van der Waals surface area contributed by atoms with Gasteiger partial charge in [-0.1, -0.05) is 26.8 Å². The number of hydrogen-bond acceptors (Lipinski definition) is 5. The van der Waals surface area contributed by atoms with Crippen LogP contribution in [0.15, 0.2) is 24.4 Å². The van der Waals surface area contributed by atoms with Gasteiger partial charge in [-0.2, -0.15) is 0 Å². The molecular formula is C24H37N3O4. The number of aromatic nitrogens is 1. The first-order valence-electron chi connectivity index (χ1n) is 11.4. The van der Waals surface area contributed by atoms with Crippen LogP contribution in [0.1, 0.15) is 56.9 Å². The van der Waals surface area contributed by atoms with Crippen LogP contribution in [-0.4, -0.2) is 54.3 Å². The summed E-state index contributed by atoms with van der Waals surface area (Å²) in [5.74, 6) is -0.432. The number of nitrogens with one attached hydrogen (secondary N) is 2. The van der Waals surface area contributed by atoms with Gasteiger partial charge in [-0.25, -0.2) is 0 Å². The van der Waals surface area contributed by atoms with Crippen molar-refractivity contribution in [3.8, 4) is 0 Å². The molecule has 0 radical (unpaired) electrons. The highest BCUT2D eigenvalue weighted by atomic mass is 16.5. The molecule has 0 aromatic carbocycles. The fourth-order valence-electron chi connectivity index (χ4n) is 5.87. The molecule has 0 spiro atoms. The average molecular weight is 432 g/mol. The Morgan fingerprint density at radius 3 is 2.74 bits per heavy atom. The van der Waals surface area contributed by atoms with Gasteiger partial charge in [0.1, 0.15) is 5.69 Å². The fraction of sp³-hybridized carbons (Fsp3) is 0.708. The van der Waals surface area contributed by atoms with Crippen LogP contribution in [0.25, 0.3) is 0 Å². The van der Waals surface area contributed by atoms with Crippen LogP contribution in [0.5, 0.6) is 0 Å². The van der Waals surface area contributed by atoms with Gasteiger partial charge in [0.15, 0.2) is 0 Å². The van der Waals surface area contributed by atoms with E-state index in [-0.39, 0.29) is 46.9 Å². The van der Waals surface area contributed by atoms with Gasteiger partial charge in [-0.05, 0) is 61.0 Å². The zero-order chi connectivity index (χ0) is 22.6. The standard InChI is InChI=1S/C24H37N3O4/c1-15(22(29)26-13-14-31-4)17-8-10-24(3)11-9-18(16(2)20(24)21(17)28)27-23(30)19-7-5-6-12-25-19/h5-7,12,15-18,20-21,28H,8-11,13-14H2,1-4H3,(H,26,29)(H,27,30)/t15-,16+,17+,18-,20+,21-,24-/m0/s1. The van der Waals surface area contributed by atoms with E-state index in [1.54, 1.807) is 31.5 Å². The lowest BCUT2D eigenvalue weighted by molar-refractivity contribution is -0.142. The molecule has 1 aromatic rings. The highest BCUT2D eigenvalue weighted by Gasteiger charge is 2.53. The molecule has 7 heteroatoms. The molecule has 172 valence electrons. The molecule has 0 saturated heterocycles. The van der Waals surface area contributed by atoms with E-state index in [9.17, 15) is 14.7 Å². The summed E-state index contributed by atoms with van der Waals surface area (Å²) in [7, 11) is 1.61. The number of fused-ring (bicyclic) bond motifs is 1. The van der Waals surface area contributed by atoms with E-state index in [0.717, 1.165) is 25.7 Å². The van der Waals surface area contributed by atoms with Crippen molar-refractivity contribution in [3.63, 3.8) is 0 Å². The maximum atomic E-state index is 12.7. The van der Waals surface area contributed by atoms with Gasteiger partial charge in [0, 0.05) is 31.8 Å². The van der Waals surface area contributed by atoms with Crippen LogP contribution in [0, 0.1) is 29.1 Å². The van der Waals surface area contributed by atoms with Crippen LogP contribution in [0.4, 0.5) is 0 Å². The number of carbonyl (C=O) groups is 2. The summed E-state index contributed by atoms with van der Waals surface area (Å²) in [4.78, 5) is 29.4. The molecule has 2 saturated carbocycles. The van der Waals surface area contributed by atoms with Crippen LogP contribution >= 0.6 is 0 Å². The molecule has 1 heterocycles. The summed E-state index contributed by atoms with van der Waals surface area (Å²) >= 11 is 0. The maximum Gasteiger partial charge on any atom is 0.270 e. The predicted molar refractivity (Wildman–Crippen MR) is 118 cm³/mol. The molecule has 0 aliphatic heterocycles. The van der Waals surface area contributed by atoms with Gasteiger partial charge >= 0.3 is 0 Å². The molecule has 1 aromatic heterocycles. The number of pyridine rings is 1. The molecule has 7 nitrogen and oxygen atoms in total.